The molecule has 1 saturated heterocycles. The maximum atomic E-state index is 12.7. The van der Waals surface area contributed by atoms with Crippen molar-refractivity contribution in [3.05, 3.63) is 46.7 Å². The number of thiophene rings is 1. The summed E-state index contributed by atoms with van der Waals surface area (Å²) >= 11 is 1.64. The molecule has 0 aliphatic carbocycles. The lowest BCUT2D eigenvalue weighted by Crippen LogP contribution is -2.44. The van der Waals surface area contributed by atoms with Crippen molar-refractivity contribution < 1.29 is 27.4 Å². The number of alkyl halides is 3. The Morgan fingerprint density at radius 2 is 2.07 bits per heavy atom. The maximum Gasteiger partial charge on any atom is 0.422 e. The summed E-state index contributed by atoms with van der Waals surface area (Å²) in [4.78, 5) is 17.7. The van der Waals surface area contributed by atoms with Gasteiger partial charge in [-0.25, -0.2) is 4.79 Å². The molecule has 1 aromatic carbocycles. The third-order valence-corrected chi connectivity index (χ3v) is 5.61. The number of rotatable bonds is 7. The van der Waals surface area contributed by atoms with E-state index in [1.165, 1.54) is 23.1 Å². The predicted octanol–water partition coefficient (Wildman–Crippen LogP) is 4.23. The fraction of sp³-hybridized carbons (Fsp3) is 0.450. The predicted molar refractivity (Wildman–Crippen MR) is 109 cm³/mol. The Balaban J connectivity index is 1.61. The van der Waals surface area contributed by atoms with Crippen molar-refractivity contribution in [2.75, 3.05) is 51.8 Å². The van der Waals surface area contributed by atoms with Gasteiger partial charge in [-0.15, -0.1) is 11.3 Å². The largest absolute Gasteiger partial charge is 0.484 e. The molecule has 0 spiro atoms. The average molecular weight is 443 g/mol. The Morgan fingerprint density at radius 3 is 2.73 bits per heavy atom. The quantitative estimate of drug-likeness (QED) is 0.696. The first-order valence-corrected chi connectivity index (χ1v) is 10.4. The molecule has 1 N–H and O–H groups in total. The van der Waals surface area contributed by atoms with Gasteiger partial charge in [-0.05, 0) is 23.6 Å². The van der Waals surface area contributed by atoms with Crippen LogP contribution >= 0.6 is 11.3 Å². The van der Waals surface area contributed by atoms with Crippen LogP contribution in [0.3, 0.4) is 0 Å². The minimum atomic E-state index is -4.42. The molecule has 6 nitrogen and oxygen atoms in total. The van der Waals surface area contributed by atoms with Crippen LogP contribution in [0.4, 0.5) is 23.7 Å². The molecule has 1 atom stereocenters. The number of carbonyl (C=O) groups is 1. The van der Waals surface area contributed by atoms with Gasteiger partial charge in [0, 0.05) is 43.3 Å². The molecule has 2 heterocycles. The highest BCUT2D eigenvalue weighted by molar-refractivity contribution is 7.10. The van der Waals surface area contributed by atoms with Gasteiger partial charge in [0.25, 0.3) is 0 Å². The number of carbonyl (C=O) groups excluding carboxylic acids is 1. The van der Waals surface area contributed by atoms with E-state index >= 15 is 0 Å². The van der Waals surface area contributed by atoms with E-state index in [4.69, 9.17) is 9.47 Å². The van der Waals surface area contributed by atoms with E-state index in [9.17, 15) is 18.0 Å². The molecular weight excluding hydrogens is 419 g/mol. The van der Waals surface area contributed by atoms with Gasteiger partial charge in [-0.1, -0.05) is 12.1 Å². The zero-order chi connectivity index (χ0) is 21.6. The lowest BCUT2D eigenvalue weighted by atomic mass is 10.1. The molecule has 10 heteroatoms. The first-order valence-electron chi connectivity index (χ1n) is 9.49. The fourth-order valence-electron chi connectivity index (χ4n) is 3.15. The molecule has 1 aromatic heterocycles. The van der Waals surface area contributed by atoms with Crippen molar-refractivity contribution in [3.8, 4) is 5.75 Å². The molecular formula is C20H24F3N3O3S. The third kappa shape index (κ3) is 6.61. The summed E-state index contributed by atoms with van der Waals surface area (Å²) < 4.78 is 47.2. The van der Waals surface area contributed by atoms with Gasteiger partial charge < -0.3 is 19.7 Å². The van der Waals surface area contributed by atoms with Crippen LogP contribution in [-0.2, 0) is 4.74 Å². The number of nitrogens with one attached hydrogen (secondary N) is 1. The van der Waals surface area contributed by atoms with Gasteiger partial charge in [0.15, 0.2) is 6.61 Å². The summed E-state index contributed by atoms with van der Waals surface area (Å²) in [6.07, 6.45) is -4.42. The molecule has 1 aliphatic rings. The highest BCUT2D eigenvalue weighted by Gasteiger charge is 2.29. The minimum absolute atomic E-state index is 0.0394. The number of halogens is 3. The molecule has 2 amide bonds. The smallest absolute Gasteiger partial charge is 0.422 e. The summed E-state index contributed by atoms with van der Waals surface area (Å²) in [6, 6.07) is 9.66. The van der Waals surface area contributed by atoms with Crippen molar-refractivity contribution in [1.29, 1.82) is 0 Å². The topological polar surface area (TPSA) is 54.0 Å². The second-order valence-corrected chi connectivity index (χ2v) is 7.90. The highest BCUT2D eigenvalue weighted by atomic mass is 32.1. The lowest BCUT2D eigenvalue weighted by Gasteiger charge is -2.36. The van der Waals surface area contributed by atoms with Gasteiger partial charge in [-0.2, -0.15) is 13.2 Å². The van der Waals surface area contributed by atoms with Crippen LogP contribution in [0.2, 0.25) is 0 Å². The summed E-state index contributed by atoms with van der Waals surface area (Å²) in [5.41, 5.74) is 0.366. The number of morpholine rings is 1. The van der Waals surface area contributed by atoms with Gasteiger partial charge in [0.05, 0.1) is 19.3 Å². The van der Waals surface area contributed by atoms with Crippen LogP contribution in [0.15, 0.2) is 41.8 Å². The Morgan fingerprint density at radius 1 is 1.30 bits per heavy atom. The normalized spacial score (nSPS) is 16.1. The van der Waals surface area contributed by atoms with E-state index < -0.39 is 12.8 Å². The van der Waals surface area contributed by atoms with Crippen LogP contribution < -0.4 is 10.1 Å². The maximum absolute atomic E-state index is 12.7. The Hall–Kier alpha value is -2.30. The van der Waals surface area contributed by atoms with E-state index in [1.54, 1.807) is 29.4 Å². The van der Waals surface area contributed by atoms with Crippen molar-refractivity contribution in [2.45, 2.75) is 12.2 Å². The first-order chi connectivity index (χ1) is 14.3. The average Bonchev–Trinajstić information content (AvgIpc) is 3.25. The number of urea groups is 1. The van der Waals surface area contributed by atoms with Crippen LogP contribution in [-0.4, -0.2) is 68.5 Å². The van der Waals surface area contributed by atoms with Crippen molar-refractivity contribution in [3.63, 3.8) is 0 Å². The van der Waals surface area contributed by atoms with E-state index in [0.717, 1.165) is 13.1 Å². The highest BCUT2D eigenvalue weighted by Crippen LogP contribution is 2.27. The van der Waals surface area contributed by atoms with Gasteiger partial charge >= 0.3 is 12.2 Å². The van der Waals surface area contributed by atoms with Gasteiger partial charge in [0.1, 0.15) is 5.75 Å². The SMILES string of the molecule is CN(C[C@@H](c1cccs1)N1CCOCC1)C(=O)Nc1cccc(OCC(F)(F)F)c1. The van der Waals surface area contributed by atoms with E-state index in [2.05, 4.69) is 16.3 Å². The fourth-order valence-corrected chi connectivity index (χ4v) is 4.00. The number of amides is 2. The molecule has 30 heavy (non-hydrogen) atoms. The Kier molecular flexibility index (Phi) is 7.57. The Labute approximate surface area is 177 Å². The minimum Gasteiger partial charge on any atom is -0.484 e. The zero-order valence-electron chi connectivity index (χ0n) is 16.5. The number of hydrogen-bond donors (Lipinski definition) is 1. The van der Waals surface area contributed by atoms with E-state index in [0.29, 0.717) is 25.4 Å². The number of anilines is 1. The molecule has 0 bridgehead atoms. The van der Waals surface area contributed by atoms with Crippen molar-refractivity contribution >= 4 is 23.1 Å². The molecule has 3 rings (SSSR count). The summed E-state index contributed by atoms with van der Waals surface area (Å²) in [5.74, 6) is 0.0394. The van der Waals surface area contributed by atoms with Crippen molar-refractivity contribution in [1.82, 2.24) is 9.80 Å². The lowest BCUT2D eigenvalue weighted by molar-refractivity contribution is -0.153. The standard InChI is InChI=1S/C20H24F3N3O3S/c1-25(13-17(18-6-3-11-30-18)26-7-9-28-10-8-26)19(27)24-15-4-2-5-16(12-15)29-14-20(21,22)23/h2-6,11-12,17H,7-10,13-14H2,1H3,(H,24,27)/t17-/m0/s1. The monoisotopic (exact) mass is 443 g/mol. The molecule has 164 valence electrons. The number of hydrogen-bond acceptors (Lipinski definition) is 5. The molecule has 0 unspecified atom stereocenters. The Bertz CT molecular complexity index is 811. The van der Waals surface area contributed by atoms with Crippen LogP contribution in [0.25, 0.3) is 0 Å². The van der Waals surface area contributed by atoms with E-state index in [-0.39, 0.29) is 17.8 Å². The number of nitrogens with zero attached hydrogens (tertiary/aromatic N) is 2. The van der Waals surface area contributed by atoms with Crippen LogP contribution in [0.1, 0.15) is 10.9 Å². The molecule has 2 aromatic rings. The third-order valence-electron chi connectivity index (χ3n) is 4.64. The summed E-state index contributed by atoms with van der Waals surface area (Å²) in [6.45, 7) is 1.97. The number of likely N-dealkylation sites (N-methyl/N-ethyl adjacent to an activating group) is 1. The zero-order valence-corrected chi connectivity index (χ0v) is 17.3. The van der Waals surface area contributed by atoms with Gasteiger partial charge in [0.2, 0.25) is 0 Å². The second kappa shape index (κ2) is 10.1. The molecule has 1 fully saturated rings. The number of benzene rings is 1. The van der Waals surface area contributed by atoms with E-state index in [1.807, 2.05) is 11.4 Å². The van der Waals surface area contributed by atoms with Crippen LogP contribution in [0.5, 0.6) is 5.75 Å². The molecule has 0 radical (unpaired) electrons. The first kappa shape index (κ1) is 22.4. The summed E-state index contributed by atoms with van der Waals surface area (Å²) in [7, 11) is 1.69. The molecule has 1 aliphatic heterocycles. The molecule has 0 saturated carbocycles. The number of ether oxygens (including phenoxy) is 2. The second-order valence-electron chi connectivity index (χ2n) is 6.92. The summed E-state index contributed by atoms with van der Waals surface area (Å²) in [5, 5.41) is 4.73. The van der Waals surface area contributed by atoms with Gasteiger partial charge in [-0.3, -0.25) is 4.90 Å². The van der Waals surface area contributed by atoms with Crippen LogP contribution in [0, 0.1) is 0 Å². The van der Waals surface area contributed by atoms with Crippen molar-refractivity contribution in [2.24, 2.45) is 0 Å².